The lowest BCUT2D eigenvalue weighted by molar-refractivity contribution is 0.122. The van der Waals surface area contributed by atoms with Crippen LogP contribution in [-0.2, 0) is 0 Å². The van der Waals surface area contributed by atoms with Crippen LogP contribution in [0.3, 0.4) is 0 Å². The lowest BCUT2D eigenvalue weighted by atomic mass is 10.2. The lowest BCUT2D eigenvalue weighted by Crippen LogP contribution is -2.52. The normalized spacial score (nSPS) is 20.9. The predicted molar refractivity (Wildman–Crippen MR) is 83.3 cm³/mol. The summed E-state index contributed by atoms with van der Waals surface area (Å²) in [5.41, 5.74) is 0. The molecular formula is C14H26N6. The van der Waals surface area contributed by atoms with Crippen molar-refractivity contribution in [1.29, 1.82) is 0 Å². The summed E-state index contributed by atoms with van der Waals surface area (Å²) in [5, 5.41) is 6.68. The summed E-state index contributed by atoms with van der Waals surface area (Å²) >= 11 is 0. The van der Waals surface area contributed by atoms with Crippen molar-refractivity contribution in [1.82, 2.24) is 19.8 Å². The van der Waals surface area contributed by atoms with Gasteiger partial charge in [0.15, 0.2) is 0 Å². The Kier molecular flexibility index (Phi) is 5.14. The first-order valence-electron chi connectivity index (χ1n) is 7.30. The maximum absolute atomic E-state index is 4.45. The zero-order chi connectivity index (χ0) is 14.5. The Balaban J connectivity index is 1.95. The minimum Gasteiger partial charge on any atom is -0.370 e. The summed E-state index contributed by atoms with van der Waals surface area (Å²) in [6.07, 6.45) is 0. The smallest absolute Gasteiger partial charge is 0.131 e. The van der Waals surface area contributed by atoms with E-state index in [1.807, 2.05) is 13.0 Å². The topological polar surface area (TPSA) is 56.3 Å². The van der Waals surface area contributed by atoms with Crippen LogP contribution in [0.25, 0.3) is 0 Å². The standard InChI is InChI=1S/C14H26N6/c1-5-15-13-8-14(18-11(2)17-13)16-9-12-10-19(3)6-7-20(12)4/h8,12H,5-7,9-10H2,1-4H3,(H2,15,16,17,18). The van der Waals surface area contributed by atoms with Crippen LogP contribution >= 0.6 is 0 Å². The summed E-state index contributed by atoms with van der Waals surface area (Å²) in [6, 6.07) is 2.50. The molecule has 2 N–H and O–H groups in total. The molecule has 1 atom stereocenters. The van der Waals surface area contributed by atoms with E-state index in [0.717, 1.165) is 50.2 Å². The first-order chi connectivity index (χ1) is 9.58. The minimum absolute atomic E-state index is 0.520. The second kappa shape index (κ2) is 6.85. The number of rotatable bonds is 5. The third kappa shape index (κ3) is 4.05. The second-order valence-corrected chi connectivity index (χ2v) is 5.49. The number of nitrogens with zero attached hydrogens (tertiary/aromatic N) is 4. The van der Waals surface area contributed by atoms with Crippen molar-refractivity contribution in [2.45, 2.75) is 19.9 Å². The van der Waals surface area contributed by atoms with Crippen molar-refractivity contribution in [2.24, 2.45) is 0 Å². The Labute approximate surface area is 121 Å². The molecule has 1 unspecified atom stereocenters. The summed E-state index contributed by atoms with van der Waals surface area (Å²) in [4.78, 5) is 13.6. The highest BCUT2D eigenvalue weighted by atomic mass is 15.3. The number of hydrogen-bond donors (Lipinski definition) is 2. The average Bonchev–Trinajstić information content (AvgIpc) is 2.40. The van der Waals surface area contributed by atoms with E-state index in [1.54, 1.807) is 0 Å². The molecule has 1 aromatic heterocycles. The van der Waals surface area contributed by atoms with Gasteiger partial charge in [-0.1, -0.05) is 0 Å². The third-order valence-electron chi connectivity index (χ3n) is 3.69. The molecule has 6 nitrogen and oxygen atoms in total. The second-order valence-electron chi connectivity index (χ2n) is 5.49. The highest BCUT2D eigenvalue weighted by Crippen LogP contribution is 2.12. The maximum Gasteiger partial charge on any atom is 0.131 e. The zero-order valence-corrected chi connectivity index (χ0v) is 13.0. The number of anilines is 2. The van der Waals surface area contributed by atoms with Crippen LogP contribution in [0, 0.1) is 6.92 Å². The molecule has 0 spiro atoms. The van der Waals surface area contributed by atoms with E-state index in [-0.39, 0.29) is 0 Å². The Morgan fingerprint density at radius 3 is 2.60 bits per heavy atom. The van der Waals surface area contributed by atoms with Crippen LogP contribution in [0.1, 0.15) is 12.7 Å². The summed E-state index contributed by atoms with van der Waals surface area (Å²) in [5.74, 6) is 2.58. The molecule has 0 saturated carbocycles. The summed E-state index contributed by atoms with van der Waals surface area (Å²) < 4.78 is 0. The molecule has 6 heteroatoms. The highest BCUT2D eigenvalue weighted by molar-refractivity contribution is 5.47. The quantitative estimate of drug-likeness (QED) is 0.834. The SMILES string of the molecule is CCNc1cc(NCC2CN(C)CCN2C)nc(C)n1. The van der Waals surface area contributed by atoms with Gasteiger partial charge in [-0.2, -0.15) is 0 Å². The zero-order valence-electron chi connectivity index (χ0n) is 13.0. The predicted octanol–water partition coefficient (Wildman–Crippen LogP) is 0.875. The highest BCUT2D eigenvalue weighted by Gasteiger charge is 2.21. The summed E-state index contributed by atoms with van der Waals surface area (Å²) in [7, 11) is 4.37. The number of aryl methyl sites for hydroxylation is 1. The van der Waals surface area contributed by atoms with Gasteiger partial charge in [0.2, 0.25) is 0 Å². The van der Waals surface area contributed by atoms with E-state index >= 15 is 0 Å². The molecule has 112 valence electrons. The lowest BCUT2D eigenvalue weighted by Gasteiger charge is -2.37. The van der Waals surface area contributed by atoms with Gasteiger partial charge in [0.05, 0.1) is 0 Å². The van der Waals surface area contributed by atoms with E-state index in [1.165, 1.54) is 0 Å². The van der Waals surface area contributed by atoms with Crippen molar-refractivity contribution >= 4 is 11.6 Å². The van der Waals surface area contributed by atoms with E-state index in [4.69, 9.17) is 0 Å². The van der Waals surface area contributed by atoms with Gasteiger partial charge in [-0.25, -0.2) is 9.97 Å². The Bertz CT molecular complexity index is 436. The molecule has 1 saturated heterocycles. The van der Waals surface area contributed by atoms with Gasteiger partial charge in [-0.05, 0) is 27.9 Å². The first-order valence-corrected chi connectivity index (χ1v) is 7.30. The van der Waals surface area contributed by atoms with Gasteiger partial charge in [-0.3, -0.25) is 4.90 Å². The van der Waals surface area contributed by atoms with E-state index in [0.29, 0.717) is 6.04 Å². The van der Waals surface area contributed by atoms with E-state index in [2.05, 4.69) is 51.4 Å². The molecule has 1 aliphatic rings. The van der Waals surface area contributed by atoms with Crippen molar-refractivity contribution in [3.05, 3.63) is 11.9 Å². The van der Waals surface area contributed by atoms with Gasteiger partial charge in [0.1, 0.15) is 17.5 Å². The molecule has 1 fully saturated rings. The molecule has 0 radical (unpaired) electrons. The minimum atomic E-state index is 0.520. The van der Waals surface area contributed by atoms with Gasteiger partial charge >= 0.3 is 0 Å². The molecule has 2 heterocycles. The van der Waals surface area contributed by atoms with Gasteiger partial charge in [0, 0.05) is 44.8 Å². The fraction of sp³-hybridized carbons (Fsp3) is 0.714. The van der Waals surface area contributed by atoms with Crippen molar-refractivity contribution in [3.63, 3.8) is 0 Å². The fourth-order valence-electron chi connectivity index (χ4n) is 2.47. The van der Waals surface area contributed by atoms with Crippen molar-refractivity contribution < 1.29 is 0 Å². The number of likely N-dealkylation sites (N-methyl/N-ethyl adjacent to an activating group) is 2. The Hall–Kier alpha value is -1.40. The van der Waals surface area contributed by atoms with Crippen LogP contribution in [0.4, 0.5) is 11.6 Å². The molecule has 0 aromatic carbocycles. The van der Waals surface area contributed by atoms with Crippen LogP contribution < -0.4 is 10.6 Å². The third-order valence-corrected chi connectivity index (χ3v) is 3.69. The van der Waals surface area contributed by atoms with Crippen molar-refractivity contribution in [3.8, 4) is 0 Å². The fourth-order valence-corrected chi connectivity index (χ4v) is 2.47. The molecule has 20 heavy (non-hydrogen) atoms. The van der Waals surface area contributed by atoms with E-state index in [9.17, 15) is 0 Å². The molecule has 0 bridgehead atoms. The Morgan fingerprint density at radius 2 is 1.90 bits per heavy atom. The molecule has 1 aliphatic heterocycles. The molecular weight excluding hydrogens is 252 g/mol. The monoisotopic (exact) mass is 278 g/mol. The van der Waals surface area contributed by atoms with Crippen LogP contribution in [0.5, 0.6) is 0 Å². The molecule has 0 aliphatic carbocycles. The molecule has 1 aromatic rings. The molecule has 2 rings (SSSR count). The summed E-state index contributed by atoms with van der Waals surface area (Å²) in [6.45, 7) is 9.12. The van der Waals surface area contributed by atoms with Crippen molar-refractivity contribution in [2.75, 3.05) is 57.5 Å². The maximum atomic E-state index is 4.45. The van der Waals surface area contributed by atoms with Gasteiger partial charge < -0.3 is 15.5 Å². The number of nitrogens with one attached hydrogen (secondary N) is 2. The average molecular weight is 278 g/mol. The largest absolute Gasteiger partial charge is 0.370 e. The van der Waals surface area contributed by atoms with Crippen LogP contribution in [0.2, 0.25) is 0 Å². The number of hydrogen-bond acceptors (Lipinski definition) is 6. The van der Waals surface area contributed by atoms with E-state index < -0.39 is 0 Å². The molecule has 0 amide bonds. The van der Waals surface area contributed by atoms with Gasteiger partial charge in [-0.15, -0.1) is 0 Å². The Morgan fingerprint density at radius 1 is 1.20 bits per heavy atom. The number of piperazine rings is 1. The number of aromatic nitrogens is 2. The van der Waals surface area contributed by atoms with Crippen LogP contribution in [-0.4, -0.2) is 72.6 Å². The van der Waals surface area contributed by atoms with Crippen LogP contribution in [0.15, 0.2) is 6.07 Å². The van der Waals surface area contributed by atoms with Gasteiger partial charge in [0.25, 0.3) is 0 Å². The first kappa shape index (κ1) is 15.0.